The molecule has 1 aliphatic heterocycles. The van der Waals surface area contributed by atoms with E-state index in [1.807, 2.05) is 0 Å². The summed E-state index contributed by atoms with van der Waals surface area (Å²) in [5, 5.41) is 19.0. The maximum Gasteiger partial charge on any atom is 0.339 e. The number of aromatic hydroxyl groups is 1. The second kappa shape index (κ2) is 7.01. The highest BCUT2D eigenvalue weighted by atomic mass is 32.2. The topological polar surface area (TPSA) is 90.2 Å². The number of hydrogen-bond acceptors (Lipinski definition) is 5. The summed E-state index contributed by atoms with van der Waals surface area (Å²) >= 11 is 1.06. The zero-order valence-corrected chi connectivity index (χ0v) is 14.3. The molecule has 0 unspecified atom stereocenters. The molecule has 0 atom stereocenters. The van der Waals surface area contributed by atoms with Crippen LogP contribution in [0.4, 0.5) is 10.1 Å². The first-order chi connectivity index (χ1) is 12.4. The standard InChI is InChI=1S/C18H13FN2O4S/c1-21-16(23)15(8-10-4-2-3-5-13(10)19)26-18(21)20-11-6-7-12(17(24)25)14(22)9-11/h2-9,22H,1H3,(H,24,25)/b15-8-,20-18?. The lowest BCUT2D eigenvalue weighted by molar-refractivity contribution is -0.121. The third-order valence-corrected chi connectivity index (χ3v) is 4.69. The van der Waals surface area contributed by atoms with Crippen LogP contribution < -0.4 is 0 Å². The molecule has 0 radical (unpaired) electrons. The van der Waals surface area contributed by atoms with E-state index in [1.54, 1.807) is 18.2 Å². The van der Waals surface area contributed by atoms with E-state index >= 15 is 0 Å². The minimum atomic E-state index is -1.25. The summed E-state index contributed by atoms with van der Waals surface area (Å²) in [5.41, 5.74) is 0.348. The molecule has 0 saturated carbocycles. The molecule has 2 aromatic carbocycles. The van der Waals surface area contributed by atoms with Gasteiger partial charge in [-0.2, -0.15) is 0 Å². The SMILES string of the molecule is CN1C(=O)/C(=C/c2ccccc2F)SC1=Nc1ccc(C(=O)O)c(O)c1. The highest BCUT2D eigenvalue weighted by molar-refractivity contribution is 8.18. The average molecular weight is 372 g/mol. The number of carboxylic acid groups (broad SMARTS) is 1. The molecule has 1 saturated heterocycles. The average Bonchev–Trinajstić information content (AvgIpc) is 2.85. The van der Waals surface area contributed by atoms with Crippen molar-refractivity contribution in [2.75, 3.05) is 7.05 Å². The number of aliphatic imine (C=N–C) groups is 1. The van der Waals surface area contributed by atoms with Gasteiger partial charge in [0.15, 0.2) is 5.17 Å². The molecule has 3 rings (SSSR count). The lowest BCUT2D eigenvalue weighted by atomic mass is 10.2. The van der Waals surface area contributed by atoms with Gasteiger partial charge in [0.05, 0.1) is 10.6 Å². The number of nitrogens with zero attached hydrogens (tertiary/aromatic N) is 2. The van der Waals surface area contributed by atoms with Crippen molar-refractivity contribution in [3.8, 4) is 5.75 Å². The van der Waals surface area contributed by atoms with Crippen LogP contribution in [0.1, 0.15) is 15.9 Å². The van der Waals surface area contributed by atoms with Gasteiger partial charge in [0.2, 0.25) is 0 Å². The molecule has 2 aromatic rings. The predicted octanol–water partition coefficient (Wildman–Crippen LogP) is 3.46. The molecule has 1 aliphatic rings. The van der Waals surface area contributed by atoms with Crippen molar-refractivity contribution in [1.29, 1.82) is 0 Å². The molecule has 1 fully saturated rings. The van der Waals surface area contributed by atoms with Crippen molar-refractivity contribution in [2.45, 2.75) is 0 Å². The van der Waals surface area contributed by atoms with E-state index in [0.29, 0.717) is 21.3 Å². The first-order valence-electron chi connectivity index (χ1n) is 7.44. The number of carboxylic acids is 1. The zero-order chi connectivity index (χ0) is 18.8. The van der Waals surface area contributed by atoms with Crippen LogP contribution in [-0.2, 0) is 4.79 Å². The molecule has 0 aliphatic carbocycles. The van der Waals surface area contributed by atoms with Gasteiger partial charge in [0.25, 0.3) is 5.91 Å². The summed E-state index contributed by atoms with van der Waals surface area (Å²) in [6.45, 7) is 0. The molecule has 2 N–H and O–H groups in total. The normalized spacial score (nSPS) is 17.3. The zero-order valence-electron chi connectivity index (χ0n) is 13.5. The van der Waals surface area contributed by atoms with Crippen LogP contribution >= 0.6 is 11.8 Å². The van der Waals surface area contributed by atoms with Crippen LogP contribution in [0.2, 0.25) is 0 Å². The number of thioether (sulfide) groups is 1. The summed E-state index contributed by atoms with van der Waals surface area (Å²) in [5.74, 6) is -2.43. The molecule has 8 heteroatoms. The van der Waals surface area contributed by atoms with Gasteiger partial charge in [-0.05, 0) is 36.0 Å². The molecule has 6 nitrogen and oxygen atoms in total. The van der Waals surface area contributed by atoms with E-state index in [4.69, 9.17) is 5.11 Å². The number of hydrogen-bond donors (Lipinski definition) is 2. The van der Waals surface area contributed by atoms with Crippen molar-refractivity contribution >= 4 is 40.6 Å². The quantitative estimate of drug-likeness (QED) is 0.806. The molecule has 0 spiro atoms. The largest absolute Gasteiger partial charge is 0.507 e. The molecule has 132 valence electrons. The van der Waals surface area contributed by atoms with Crippen molar-refractivity contribution in [3.63, 3.8) is 0 Å². The molecule has 0 aromatic heterocycles. The molecule has 26 heavy (non-hydrogen) atoms. The second-order valence-electron chi connectivity index (χ2n) is 5.40. The number of phenols is 1. The van der Waals surface area contributed by atoms with Gasteiger partial charge >= 0.3 is 5.97 Å². The lowest BCUT2D eigenvalue weighted by Gasteiger charge is -2.07. The summed E-state index contributed by atoms with van der Waals surface area (Å²) in [6.07, 6.45) is 1.45. The van der Waals surface area contributed by atoms with E-state index in [-0.39, 0.29) is 11.5 Å². The Bertz CT molecular complexity index is 971. The number of carbonyl (C=O) groups excluding carboxylic acids is 1. The number of aromatic carboxylic acids is 1. The molecule has 1 heterocycles. The van der Waals surface area contributed by atoms with E-state index in [2.05, 4.69) is 4.99 Å². The molecular weight excluding hydrogens is 359 g/mol. The Hall–Kier alpha value is -3.13. The van der Waals surface area contributed by atoms with Crippen LogP contribution in [0.25, 0.3) is 6.08 Å². The Labute approximate surface area is 152 Å². The van der Waals surface area contributed by atoms with E-state index < -0.39 is 17.5 Å². The maximum absolute atomic E-state index is 13.8. The monoisotopic (exact) mass is 372 g/mol. The minimum absolute atomic E-state index is 0.238. The van der Waals surface area contributed by atoms with Crippen LogP contribution in [0, 0.1) is 5.82 Å². The van der Waals surface area contributed by atoms with Gasteiger partial charge in [0, 0.05) is 18.7 Å². The summed E-state index contributed by atoms with van der Waals surface area (Å²) in [7, 11) is 1.53. The molecular formula is C18H13FN2O4S. The fourth-order valence-corrected chi connectivity index (χ4v) is 3.24. The number of carbonyl (C=O) groups is 2. The number of rotatable bonds is 3. The van der Waals surface area contributed by atoms with E-state index in [0.717, 1.165) is 11.8 Å². The number of benzene rings is 2. The predicted molar refractivity (Wildman–Crippen MR) is 96.9 cm³/mol. The Kier molecular flexibility index (Phi) is 4.77. The summed E-state index contributed by atoms with van der Waals surface area (Å²) in [6, 6.07) is 9.96. The van der Waals surface area contributed by atoms with Crippen molar-refractivity contribution < 1.29 is 24.2 Å². The fourth-order valence-electron chi connectivity index (χ4n) is 2.27. The third kappa shape index (κ3) is 3.45. The molecule has 0 bridgehead atoms. The van der Waals surface area contributed by atoms with Crippen LogP contribution in [0.3, 0.4) is 0 Å². The van der Waals surface area contributed by atoms with Crippen LogP contribution in [-0.4, -0.2) is 39.2 Å². The Morgan fingerprint density at radius 3 is 2.65 bits per heavy atom. The fraction of sp³-hybridized carbons (Fsp3) is 0.0556. The lowest BCUT2D eigenvalue weighted by Crippen LogP contribution is -2.23. The first-order valence-corrected chi connectivity index (χ1v) is 8.25. The Morgan fingerprint density at radius 2 is 2.00 bits per heavy atom. The minimum Gasteiger partial charge on any atom is -0.507 e. The second-order valence-corrected chi connectivity index (χ2v) is 6.41. The van der Waals surface area contributed by atoms with Gasteiger partial charge in [0.1, 0.15) is 17.1 Å². The van der Waals surface area contributed by atoms with Gasteiger partial charge in [-0.25, -0.2) is 14.2 Å². The first kappa shape index (κ1) is 17.7. The smallest absolute Gasteiger partial charge is 0.339 e. The van der Waals surface area contributed by atoms with Gasteiger partial charge in [-0.15, -0.1) is 0 Å². The van der Waals surface area contributed by atoms with Gasteiger partial charge in [-0.1, -0.05) is 18.2 Å². The third-order valence-electron chi connectivity index (χ3n) is 3.63. The van der Waals surface area contributed by atoms with E-state index in [1.165, 1.54) is 42.3 Å². The Balaban J connectivity index is 1.92. The highest BCUT2D eigenvalue weighted by Crippen LogP contribution is 2.34. The molecule has 1 amide bonds. The number of likely N-dealkylation sites (N-methyl/N-ethyl adjacent to an activating group) is 1. The van der Waals surface area contributed by atoms with Crippen molar-refractivity contribution in [3.05, 3.63) is 64.3 Å². The van der Waals surface area contributed by atoms with Gasteiger partial charge in [-0.3, -0.25) is 9.69 Å². The summed E-state index contributed by atoms with van der Waals surface area (Å²) < 4.78 is 13.8. The summed E-state index contributed by atoms with van der Waals surface area (Å²) in [4.78, 5) is 29.1. The number of halogens is 1. The van der Waals surface area contributed by atoms with E-state index in [9.17, 15) is 19.1 Å². The number of amidine groups is 1. The van der Waals surface area contributed by atoms with Crippen LogP contribution in [0.5, 0.6) is 5.75 Å². The Morgan fingerprint density at radius 1 is 1.27 bits per heavy atom. The van der Waals surface area contributed by atoms with Crippen LogP contribution in [0.15, 0.2) is 52.4 Å². The highest BCUT2D eigenvalue weighted by Gasteiger charge is 2.30. The van der Waals surface area contributed by atoms with Gasteiger partial charge < -0.3 is 10.2 Å². The van der Waals surface area contributed by atoms with Crippen molar-refractivity contribution in [2.24, 2.45) is 4.99 Å². The maximum atomic E-state index is 13.8. The van der Waals surface area contributed by atoms with Crippen molar-refractivity contribution in [1.82, 2.24) is 4.90 Å². The number of amides is 1.